The van der Waals surface area contributed by atoms with Crippen LogP contribution in [-0.2, 0) is 33.2 Å². The van der Waals surface area contributed by atoms with Gasteiger partial charge in [-0.05, 0) is 122 Å². The minimum Gasteiger partial charge on any atom is -0.394 e. The van der Waals surface area contributed by atoms with Crippen LogP contribution in [-0.4, -0.2) is 193 Å². The van der Waals surface area contributed by atoms with E-state index in [4.69, 9.17) is 28.4 Å². The smallest absolute Gasteiger partial charge is 0.220 e. The second-order valence-electron chi connectivity index (χ2n) is 28.1. The number of aliphatic hydroxyl groups excluding tert-OH is 11. The molecular formula is C87H143NO18. The van der Waals surface area contributed by atoms with Crippen LogP contribution in [0.4, 0.5) is 0 Å². The molecule has 19 nitrogen and oxygen atoms in total. The van der Waals surface area contributed by atoms with E-state index in [0.717, 1.165) is 128 Å². The molecule has 3 rings (SSSR count). The van der Waals surface area contributed by atoms with Gasteiger partial charge >= 0.3 is 0 Å². The van der Waals surface area contributed by atoms with Gasteiger partial charge in [-0.25, -0.2) is 0 Å². The van der Waals surface area contributed by atoms with Crippen molar-refractivity contribution in [2.24, 2.45) is 0 Å². The first-order valence-electron chi connectivity index (χ1n) is 40.7. The summed E-state index contributed by atoms with van der Waals surface area (Å²) in [6.45, 7) is 1.58. The summed E-state index contributed by atoms with van der Waals surface area (Å²) in [4.78, 5) is 13.5. The molecule has 0 aromatic rings. The molecule has 3 heterocycles. The van der Waals surface area contributed by atoms with Crippen molar-refractivity contribution in [2.45, 2.75) is 356 Å². The van der Waals surface area contributed by atoms with Crippen molar-refractivity contribution in [3.05, 3.63) is 158 Å². The molecule has 17 unspecified atom stereocenters. The van der Waals surface area contributed by atoms with E-state index < -0.39 is 124 Å². The highest BCUT2D eigenvalue weighted by Gasteiger charge is 2.54. The zero-order chi connectivity index (χ0) is 76.7. The Bertz CT molecular complexity index is 2530. The molecule has 3 fully saturated rings. The molecule has 12 N–H and O–H groups in total. The van der Waals surface area contributed by atoms with Crippen molar-refractivity contribution in [2.75, 3.05) is 26.4 Å². The Hall–Kier alpha value is -4.59. The number of carbonyl (C=O) groups excluding carboxylic acids is 1. The number of amides is 1. The molecule has 17 atom stereocenters. The van der Waals surface area contributed by atoms with Gasteiger partial charge in [-0.1, -0.05) is 281 Å². The summed E-state index contributed by atoms with van der Waals surface area (Å²) in [6, 6.07) is -1.02. The molecular weight excluding hydrogens is 1350 g/mol. The van der Waals surface area contributed by atoms with Gasteiger partial charge in [0.1, 0.15) is 73.2 Å². The Balaban J connectivity index is 1.40. The van der Waals surface area contributed by atoms with Crippen LogP contribution in [0, 0.1) is 0 Å². The third kappa shape index (κ3) is 44.3. The van der Waals surface area contributed by atoms with Crippen LogP contribution in [0.25, 0.3) is 0 Å². The van der Waals surface area contributed by atoms with Crippen LogP contribution in [0.1, 0.15) is 251 Å². The summed E-state index contributed by atoms with van der Waals surface area (Å²) in [7, 11) is 0. The van der Waals surface area contributed by atoms with Gasteiger partial charge in [0, 0.05) is 6.42 Å². The van der Waals surface area contributed by atoms with E-state index in [0.29, 0.717) is 12.8 Å². The third-order valence-electron chi connectivity index (χ3n) is 19.0. The minimum absolute atomic E-state index is 0.204. The number of nitrogens with one attached hydrogen (secondary N) is 1. The van der Waals surface area contributed by atoms with Crippen LogP contribution >= 0.6 is 0 Å². The lowest BCUT2D eigenvalue weighted by atomic mass is 9.96. The van der Waals surface area contributed by atoms with Crippen molar-refractivity contribution in [1.82, 2.24) is 5.32 Å². The molecule has 0 spiro atoms. The van der Waals surface area contributed by atoms with Gasteiger partial charge < -0.3 is 89.9 Å². The van der Waals surface area contributed by atoms with Gasteiger partial charge in [0.05, 0.1) is 38.6 Å². The Morgan fingerprint density at radius 3 is 1.06 bits per heavy atom. The highest BCUT2D eigenvalue weighted by Crippen LogP contribution is 2.33. The Morgan fingerprint density at radius 2 is 0.660 bits per heavy atom. The first kappa shape index (κ1) is 95.6. The summed E-state index contributed by atoms with van der Waals surface area (Å²) >= 11 is 0. The summed E-state index contributed by atoms with van der Waals surface area (Å²) in [5, 5.41) is 121. The van der Waals surface area contributed by atoms with E-state index in [1.807, 2.05) is 6.08 Å². The first-order chi connectivity index (χ1) is 51.8. The average Bonchev–Trinajstić information content (AvgIpc) is 0.780. The number of hydrogen-bond acceptors (Lipinski definition) is 18. The second-order valence-corrected chi connectivity index (χ2v) is 28.1. The van der Waals surface area contributed by atoms with Gasteiger partial charge in [-0.3, -0.25) is 4.79 Å². The maximum absolute atomic E-state index is 13.5. The van der Waals surface area contributed by atoms with Crippen molar-refractivity contribution < 1.29 is 89.4 Å². The van der Waals surface area contributed by atoms with Gasteiger partial charge in [0.25, 0.3) is 0 Å². The van der Waals surface area contributed by atoms with E-state index in [2.05, 4.69) is 165 Å². The molecule has 0 aliphatic carbocycles. The first-order valence-corrected chi connectivity index (χ1v) is 40.7. The molecule has 106 heavy (non-hydrogen) atoms. The lowest BCUT2D eigenvalue weighted by Gasteiger charge is -2.48. The molecule has 0 bridgehead atoms. The van der Waals surface area contributed by atoms with Gasteiger partial charge in [0.2, 0.25) is 5.91 Å². The van der Waals surface area contributed by atoms with Crippen LogP contribution in [0.5, 0.6) is 0 Å². The van der Waals surface area contributed by atoms with E-state index in [-0.39, 0.29) is 18.9 Å². The van der Waals surface area contributed by atoms with Gasteiger partial charge in [-0.2, -0.15) is 0 Å². The molecule has 0 aromatic carbocycles. The van der Waals surface area contributed by atoms with Crippen molar-refractivity contribution >= 4 is 5.91 Å². The van der Waals surface area contributed by atoms with Crippen LogP contribution in [0.15, 0.2) is 158 Å². The zero-order valence-electron chi connectivity index (χ0n) is 64.6. The van der Waals surface area contributed by atoms with Gasteiger partial charge in [0.15, 0.2) is 18.9 Å². The fraction of sp³-hybridized carbons (Fsp3) is 0.690. The zero-order valence-corrected chi connectivity index (χ0v) is 64.6. The molecule has 0 saturated carbocycles. The second kappa shape index (κ2) is 65.2. The van der Waals surface area contributed by atoms with E-state index in [9.17, 15) is 61.0 Å². The number of aliphatic hydroxyl groups is 11. The lowest BCUT2D eigenvalue weighted by molar-refractivity contribution is -0.379. The molecule has 1 amide bonds. The highest BCUT2D eigenvalue weighted by atomic mass is 16.8. The summed E-state index contributed by atoms with van der Waals surface area (Å²) in [5.41, 5.74) is 0. The number of ether oxygens (including phenoxy) is 6. The monoisotopic (exact) mass is 1490 g/mol. The minimum atomic E-state index is -1.99. The molecule has 3 aliphatic heterocycles. The Morgan fingerprint density at radius 1 is 0.349 bits per heavy atom. The Labute approximate surface area is 637 Å². The maximum Gasteiger partial charge on any atom is 0.220 e. The number of unbranched alkanes of at least 4 members (excludes halogenated alkanes) is 22. The maximum atomic E-state index is 13.5. The largest absolute Gasteiger partial charge is 0.394 e. The predicted molar refractivity (Wildman–Crippen MR) is 424 cm³/mol. The standard InChI is InChI=1S/C87H143NO18/c1-3-5-7-9-11-13-15-17-19-21-23-25-27-29-30-31-32-33-34-35-36-37-38-39-40-41-43-45-47-49-51-53-55-57-59-61-63-65-75(93)88-70(71(92)64-62-60-58-56-54-52-50-48-46-44-42-28-26-24-22-20-18-16-14-12-10-8-6-4-2)69-101-85-81(99)78(96)83(73(67-90)103-85)106-87-82(100)79(97)84(74(68-91)104-87)105-86-80(98)77(95)76(94)72(66-89)102-86/h5,7,11,13,17,19,23,25,29-30,32-33,35-36,38-39,41,43,46-49,54,56,62,64,70-74,76-87,89-92,94-100H,3-4,6,8-10,12,14-16,18,20-22,24,26-28,31,34,37,40,42,44-45,50-53,55,57-61,63,65-69H2,1-2H3,(H,88,93)/b7-5-,13-11-,19-17-,25-23-,30-29-,33-32-,36-35-,39-38-,43-41-,48-46+,49-47-,56-54+,64-62+. The predicted octanol–water partition coefficient (Wildman–Crippen LogP) is 14.0. The third-order valence-corrected chi connectivity index (χ3v) is 19.0. The Kier molecular flexibility index (Phi) is 58.8. The van der Waals surface area contributed by atoms with E-state index >= 15 is 0 Å². The fourth-order valence-corrected chi connectivity index (χ4v) is 12.5. The highest BCUT2D eigenvalue weighted by molar-refractivity contribution is 5.76. The topological polar surface area (TPSA) is 307 Å². The number of hydrogen-bond donors (Lipinski definition) is 12. The molecule has 604 valence electrons. The fourth-order valence-electron chi connectivity index (χ4n) is 12.5. The quantitative estimate of drug-likeness (QED) is 0.0199. The summed E-state index contributed by atoms with van der Waals surface area (Å²) in [5.74, 6) is -0.310. The van der Waals surface area contributed by atoms with E-state index in [1.54, 1.807) is 6.08 Å². The van der Waals surface area contributed by atoms with Crippen LogP contribution < -0.4 is 5.32 Å². The molecule has 3 aliphatic rings. The lowest BCUT2D eigenvalue weighted by Crippen LogP contribution is -2.66. The summed E-state index contributed by atoms with van der Waals surface area (Å²) in [6.07, 6.45) is 69.3. The molecule has 19 heteroatoms. The number of allylic oxidation sites excluding steroid dienone is 25. The number of rotatable bonds is 62. The van der Waals surface area contributed by atoms with E-state index in [1.165, 1.54) is 89.9 Å². The van der Waals surface area contributed by atoms with Crippen molar-refractivity contribution in [3.8, 4) is 0 Å². The molecule has 0 aromatic heterocycles. The average molecular weight is 1490 g/mol. The van der Waals surface area contributed by atoms with Crippen LogP contribution in [0.3, 0.4) is 0 Å². The summed E-state index contributed by atoms with van der Waals surface area (Å²) < 4.78 is 34.4. The molecule has 3 saturated heterocycles. The normalized spacial score (nSPS) is 26.5. The van der Waals surface area contributed by atoms with Crippen molar-refractivity contribution in [1.29, 1.82) is 0 Å². The molecule has 0 radical (unpaired) electrons. The van der Waals surface area contributed by atoms with Gasteiger partial charge in [-0.15, -0.1) is 0 Å². The van der Waals surface area contributed by atoms with Crippen molar-refractivity contribution in [3.63, 3.8) is 0 Å². The van der Waals surface area contributed by atoms with Crippen LogP contribution in [0.2, 0.25) is 0 Å². The SMILES string of the molecule is CC/C=C\C/C=C\C/C=C\C/C=C\C/C=C\C/C=C\C/C=C\C/C=C\C/C=C\C/C=C\CCCCCCCCC(=O)NC(COC1OC(CO)C(OC2OC(CO)C(OC3OC(CO)C(O)C(O)C3O)C(O)C2O)C(O)C1O)C(O)/C=C/CC/C=C/CC/C=C/CCCCCCCCCCCCCCCC. The number of carbonyl (C=O) groups is 1.